The van der Waals surface area contributed by atoms with E-state index in [-0.39, 0.29) is 0 Å². The molecule has 0 heterocycles. The van der Waals surface area contributed by atoms with Crippen LogP contribution < -0.4 is 14.2 Å². The zero-order chi connectivity index (χ0) is 15.9. The predicted octanol–water partition coefficient (Wildman–Crippen LogP) is 3.64. The number of hydrogen-bond acceptors (Lipinski definition) is 4. The van der Waals surface area contributed by atoms with Crippen LogP contribution in [0.5, 0.6) is 17.2 Å². The minimum absolute atomic E-state index is 0.356. The van der Waals surface area contributed by atoms with Crippen LogP contribution in [-0.2, 0) is 0 Å². The molecule has 0 N–H and O–H groups in total. The van der Waals surface area contributed by atoms with Crippen molar-refractivity contribution < 1.29 is 14.2 Å². The number of methoxy groups -OCH3 is 1. The normalized spacial score (nSPS) is 9.91. The summed E-state index contributed by atoms with van der Waals surface area (Å²) in [5.74, 6) is 1.98. The summed E-state index contributed by atoms with van der Waals surface area (Å²) in [5, 5.41) is 9.07. The molecule has 2 aromatic rings. The summed E-state index contributed by atoms with van der Waals surface area (Å²) in [6.07, 6.45) is 0. The van der Waals surface area contributed by atoms with Gasteiger partial charge in [0.05, 0.1) is 12.7 Å². The van der Waals surface area contributed by atoms with Crippen LogP contribution in [0.3, 0.4) is 0 Å². The first-order valence-corrected chi connectivity index (χ1v) is 7.05. The second-order valence-electron chi connectivity index (χ2n) is 4.92. The largest absolute Gasteiger partial charge is 0.497 e. The standard InChI is InChI=1S/C18H19NO3/c1-13-4-6-17(10-14(13)2)21-8-9-22-18-11-16(20-3)7-5-15(18)12-19/h4-7,10-11H,8-9H2,1-3H3. The molecular weight excluding hydrogens is 278 g/mol. The smallest absolute Gasteiger partial charge is 0.140 e. The average molecular weight is 297 g/mol. The Labute approximate surface area is 130 Å². The van der Waals surface area contributed by atoms with Gasteiger partial charge in [-0.2, -0.15) is 5.26 Å². The molecule has 0 aliphatic rings. The van der Waals surface area contributed by atoms with E-state index in [1.807, 2.05) is 25.1 Å². The lowest BCUT2D eigenvalue weighted by molar-refractivity contribution is 0.216. The Bertz CT molecular complexity index is 689. The van der Waals surface area contributed by atoms with Crippen molar-refractivity contribution in [2.75, 3.05) is 20.3 Å². The van der Waals surface area contributed by atoms with Crippen LogP contribution in [-0.4, -0.2) is 20.3 Å². The number of nitrogens with zero attached hydrogens (tertiary/aromatic N) is 1. The van der Waals surface area contributed by atoms with Gasteiger partial charge in [0.25, 0.3) is 0 Å². The van der Waals surface area contributed by atoms with Crippen molar-refractivity contribution >= 4 is 0 Å². The predicted molar refractivity (Wildman–Crippen MR) is 84.6 cm³/mol. The summed E-state index contributed by atoms with van der Waals surface area (Å²) in [4.78, 5) is 0. The van der Waals surface area contributed by atoms with Crippen molar-refractivity contribution in [3.05, 3.63) is 53.1 Å². The molecule has 22 heavy (non-hydrogen) atoms. The van der Waals surface area contributed by atoms with E-state index in [1.54, 1.807) is 25.3 Å². The molecule has 114 valence electrons. The molecule has 4 nitrogen and oxygen atoms in total. The maximum atomic E-state index is 9.07. The van der Waals surface area contributed by atoms with E-state index in [0.29, 0.717) is 30.3 Å². The molecule has 0 spiro atoms. The van der Waals surface area contributed by atoms with Gasteiger partial charge in [-0.3, -0.25) is 0 Å². The van der Waals surface area contributed by atoms with E-state index in [9.17, 15) is 0 Å². The van der Waals surface area contributed by atoms with Crippen molar-refractivity contribution in [3.8, 4) is 23.3 Å². The van der Waals surface area contributed by atoms with Crippen LogP contribution in [0.2, 0.25) is 0 Å². The van der Waals surface area contributed by atoms with Gasteiger partial charge in [0, 0.05) is 6.07 Å². The summed E-state index contributed by atoms with van der Waals surface area (Å²) < 4.78 is 16.4. The first-order valence-electron chi connectivity index (χ1n) is 7.05. The Morgan fingerprint density at radius 2 is 1.64 bits per heavy atom. The Kier molecular flexibility index (Phi) is 5.26. The minimum Gasteiger partial charge on any atom is -0.497 e. The Morgan fingerprint density at radius 3 is 2.32 bits per heavy atom. The molecule has 0 saturated heterocycles. The van der Waals surface area contributed by atoms with Crippen LogP contribution >= 0.6 is 0 Å². The van der Waals surface area contributed by atoms with Crippen molar-refractivity contribution in [3.63, 3.8) is 0 Å². The molecule has 2 rings (SSSR count). The van der Waals surface area contributed by atoms with Gasteiger partial charge in [0.1, 0.15) is 36.5 Å². The number of benzene rings is 2. The number of nitriles is 1. The monoisotopic (exact) mass is 297 g/mol. The fourth-order valence-electron chi connectivity index (χ4n) is 1.96. The van der Waals surface area contributed by atoms with Gasteiger partial charge in [-0.1, -0.05) is 6.07 Å². The highest BCUT2D eigenvalue weighted by atomic mass is 16.5. The van der Waals surface area contributed by atoms with Gasteiger partial charge in [0.15, 0.2) is 0 Å². The maximum absolute atomic E-state index is 9.07. The molecule has 0 radical (unpaired) electrons. The summed E-state index contributed by atoms with van der Waals surface area (Å²) in [5.41, 5.74) is 2.91. The topological polar surface area (TPSA) is 51.5 Å². The van der Waals surface area contributed by atoms with Crippen molar-refractivity contribution in [2.24, 2.45) is 0 Å². The highest BCUT2D eigenvalue weighted by Gasteiger charge is 2.05. The molecule has 0 saturated carbocycles. The SMILES string of the molecule is COc1ccc(C#N)c(OCCOc2ccc(C)c(C)c2)c1. The van der Waals surface area contributed by atoms with Crippen molar-refractivity contribution in [2.45, 2.75) is 13.8 Å². The minimum atomic E-state index is 0.356. The van der Waals surface area contributed by atoms with E-state index >= 15 is 0 Å². The fourth-order valence-corrected chi connectivity index (χ4v) is 1.96. The summed E-state index contributed by atoms with van der Waals surface area (Å²) >= 11 is 0. The van der Waals surface area contributed by atoms with Gasteiger partial charge < -0.3 is 14.2 Å². The second kappa shape index (κ2) is 7.37. The molecule has 0 atom stereocenters. The zero-order valence-electron chi connectivity index (χ0n) is 13.1. The molecule has 0 amide bonds. The van der Waals surface area contributed by atoms with E-state index in [0.717, 1.165) is 5.75 Å². The van der Waals surface area contributed by atoms with E-state index in [2.05, 4.69) is 13.0 Å². The Morgan fingerprint density at radius 1 is 0.909 bits per heavy atom. The van der Waals surface area contributed by atoms with E-state index in [4.69, 9.17) is 19.5 Å². The molecule has 0 aromatic heterocycles. The van der Waals surface area contributed by atoms with Crippen LogP contribution in [0.4, 0.5) is 0 Å². The third-order valence-corrected chi connectivity index (χ3v) is 3.40. The Hall–Kier alpha value is -2.67. The summed E-state index contributed by atoms with van der Waals surface area (Å²) in [6, 6.07) is 13.2. The number of aryl methyl sites for hydroxylation is 2. The first kappa shape index (κ1) is 15.7. The van der Waals surface area contributed by atoms with Crippen LogP contribution in [0.1, 0.15) is 16.7 Å². The number of ether oxygens (including phenoxy) is 3. The molecule has 0 bridgehead atoms. The van der Waals surface area contributed by atoms with Gasteiger partial charge in [0.2, 0.25) is 0 Å². The average Bonchev–Trinajstić information content (AvgIpc) is 2.54. The molecule has 4 heteroatoms. The number of hydrogen-bond donors (Lipinski definition) is 0. The number of rotatable bonds is 6. The van der Waals surface area contributed by atoms with Gasteiger partial charge >= 0.3 is 0 Å². The van der Waals surface area contributed by atoms with E-state index < -0.39 is 0 Å². The highest BCUT2D eigenvalue weighted by molar-refractivity contribution is 5.47. The Balaban J connectivity index is 1.91. The summed E-state index contributed by atoms with van der Waals surface area (Å²) in [6.45, 7) is 4.88. The highest BCUT2D eigenvalue weighted by Crippen LogP contribution is 2.24. The molecule has 0 aliphatic carbocycles. The lowest BCUT2D eigenvalue weighted by Crippen LogP contribution is -2.10. The third-order valence-electron chi connectivity index (χ3n) is 3.40. The quantitative estimate of drug-likeness (QED) is 0.764. The lowest BCUT2D eigenvalue weighted by atomic mass is 10.1. The molecule has 0 unspecified atom stereocenters. The van der Waals surface area contributed by atoms with Gasteiger partial charge in [-0.05, 0) is 49.2 Å². The molecule has 0 aliphatic heterocycles. The van der Waals surface area contributed by atoms with Crippen molar-refractivity contribution in [1.82, 2.24) is 0 Å². The summed E-state index contributed by atoms with van der Waals surface area (Å²) in [7, 11) is 1.58. The van der Waals surface area contributed by atoms with Gasteiger partial charge in [-0.15, -0.1) is 0 Å². The second-order valence-corrected chi connectivity index (χ2v) is 4.92. The van der Waals surface area contributed by atoms with Gasteiger partial charge in [-0.25, -0.2) is 0 Å². The van der Waals surface area contributed by atoms with E-state index in [1.165, 1.54) is 11.1 Å². The lowest BCUT2D eigenvalue weighted by Gasteiger charge is -2.11. The van der Waals surface area contributed by atoms with Crippen LogP contribution in [0.15, 0.2) is 36.4 Å². The maximum Gasteiger partial charge on any atom is 0.140 e. The molecule has 2 aromatic carbocycles. The van der Waals surface area contributed by atoms with Crippen LogP contribution in [0, 0.1) is 25.2 Å². The molecular formula is C18H19NO3. The first-order chi connectivity index (χ1) is 10.6. The fraction of sp³-hybridized carbons (Fsp3) is 0.278. The third kappa shape index (κ3) is 3.92. The van der Waals surface area contributed by atoms with Crippen molar-refractivity contribution in [1.29, 1.82) is 5.26 Å². The molecule has 0 fully saturated rings. The van der Waals surface area contributed by atoms with Crippen LogP contribution in [0.25, 0.3) is 0 Å². The zero-order valence-corrected chi connectivity index (χ0v) is 13.1.